The molecular weight excluding hydrogens is 252 g/mol. The van der Waals surface area contributed by atoms with Crippen LogP contribution in [0, 0.1) is 17.8 Å². The molecule has 1 saturated carbocycles. The fourth-order valence-corrected chi connectivity index (χ4v) is 2.58. The zero-order chi connectivity index (χ0) is 13.9. The van der Waals surface area contributed by atoms with Gasteiger partial charge in [-0.2, -0.15) is 13.2 Å². The van der Waals surface area contributed by atoms with Gasteiger partial charge in [-0.15, -0.1) is 0 Å². The minimum Gasteiger partial charge on any atom is -0.481 e. The van der Waals surface area contributed by atoms with Crippen molar-refractivity contribution >= 4 is 5.97 Å². The first-order chi connectivity index (χ1) is 8.21. The van der Waals surface area contributed by atoms with Gasteiger partial charge in [-0.1, -0.05) is 19.8 Å². The molecule has 1 aliphatic carbocycles. The number of carboxylic acid groups (broad SMARTS) is 1. The molecule has 2 unspecified atom stereocenters. The molecule has 1 aliphatic rings. The normalized spacial score (nSPS) is 28.7. The first-order valence-electron chi connectivity index (χ1n) is 6.15. The molecule has 0 heterocycles. The average molecular weight is 270 g/mol. The van der Waals surface area contributed by atoms with Crippen molar-refractivity contribution in [3.8, 4) is 0 Å². The number of carbonyl (C=O) groups is 1. The quantitative estimate of drug-likeness (QED) is 0.789. The Morgan fingerprint density at radius 2 is 1.78 bits per heavy atom. The predicted octanol–water partition coefficient (Wildman–Crippen LogP) is 3.80. The van der Waals surface area contributed by atoms with Gasteiger partial charge in [-0.05, 0) is 31.1 Å². The van der Waals surface area contributed by atoms with Crippen molar-refractivity contribution in [2.45, 2.75) is 51.4 Å². The molecule has 106 valence electrons. The van der Waals surface area contributed by atoms with Crippen LogP contribution in [0.15, 0.2) is 0 Å². The molecular formula is C12H18F4O2. The van der Waals surface area contributed by atoms with E-state index in [4.69, 9.17) is 5.11 Å². The molecule has 0 amide bonds. The summed E-state index contributed by atoms with van der Waals surface area (Å²) in [6, 6.07) is 0. The van der Waals surface area contributed by atoms with E-state index in [-0.39, 0.29) is 18.8 Å². The zero-order valence-corrected chi connectivity index (χ0v) is 10.2. The summed E-state index contributed by atoms with van der Waals surface area (Å²) in [6.07, 6.45) is -5.69. The van der Waals surface area contributed by atoms with Crippen LogP contribution in [0.1, 0.15) is 39.0 Å². The van der Waals surface area contributed by atoms with Crippen LogP contribution in [-0.2, 0) is 4.79 Å². The Hall–Kier alpha value is -0.810. The second-order valence-corrected chi connectivity index (χ2v) is 5.20. The average Bonchev–Trinajstić information content (AvgIpc) is 2.27. The topological polar surface area (TPSA) is 37.3 Å². The fraction of sp³-hybridized carbons (Fsp3) is 0.917. The summed E-state index contributed by atoms with van der Waals surface area (Å²) in [6.45, 7) is 1.59. The van der Waals surface area contributed by atoms with E-state index >= 15 is 0 Å². The van der Waals surface area contributed by atoms with Crippen molar-refractivity contribution in [2.24, 2.45) is 17.8 Å². The smallest absolute Gasteiger partial charge is 0.419 e. The lowest BCUT2D eigenvalue weighted by Crippen LogP contribution is -2.34. The Kier molecular flexibility index (Phi) is 4.99. The molecule has 18 heavy (non-hydrogen) atoms. The summed E-state index contributed by atoms with van der Waals surface area (Å²) in [5, 5.41) is 8.75. The van der Waals surface area contributed by atoms with Crippen LogP contribution in [-0.4, -0.2) is 23.4 Å². The highest BCUT2D eigenvalue weighted by Crippen LogP contribution is 2.40. The van der Waals surface area contributed by atoms with Gasteiger partial charge in [0.05, 0.1) is 5.92 Å². The zero-order valence-electron chi connectivity index (χ0n) is 10.2. The molecule has 0 bridgehead atoms. The monoisotopic (exact) mass is 270 g/mol. The van der Waals surface area contributed by atoms with Gasteiger partial charge in [0, 0.05) is 0 Å². The number of halogens is 4. The second-order valence-electron chi connectivity index (χ2n) is 5.20. The van der Waals surface area contributed by atoms with E-state index in [1.807, 2.05) is 0 Å². The number of hydrogen-bond donors (Lipinski definition) is 1. The molecule has 1 N–H and O–H groups in total. The van der Waals surface area contributed by atoms with Crippen LogP contribution >= 0.6 is 0 Å². The van der Waals surface area contributed by atoms with Gasteiger partial charge in [-0.3, -0.25) is 4.79 Å². The molecule has 0 radical (unpaired) electrons. The first-order valence-corrected chi connectivity index (χ1v) is 6.15. The summed E-state index contributed by atoms with van der Waals surface area (Å²) in [5.41, 5.74) is 0. The van der Waals surface area contributed by atoms with E-state index in [1.165, 1.54) is 0 Å². The summed E-state index contributed by atoms with van der Waals surface area (Å²) < 4.78 is 49.7. The highest BCUT2D eigenvalue weighted by molar-refractivity contribution is 5.69. The largest absolute Gasteiger partial charge is 0.481 e. The molecule has 0 aromatic heterocycles. The lowest BCUT2D eigenvalue weighted by Gasteiger charge is -2.31. The molecule has 2 atom stereocenters. The van der Waals surface area contributed by atoms with Crippen molar-refractivity contribution in [3.05, 3.63) is 0 Å². The maximum atomic E-state index is 13.1. The Morgan fingerprint density at radius 3 is 2.17 bits per heavy atom. The lowest BCUT2D eigenvalue weighted by molar-refractivity contribution is -0.198. The first kappa shape index (κ1) is 15.2. The number of hydrogen-bond acceptors (Lipinski definition) is 1. The molecule has 0 aromatic carbocycles. The van der Waals surface area contributed by atoms with Gasteiger partial charge in [0.2, 0.25) is 0 Å². The molecule has 1 rings (SSSR count). The third kappa shape index (κ3) is 4.14. The van der Waals surface area contributed by atoms with Gasteiger partial charge in [0.25, 0.3) is 0 Å². The Morgan fingerprint density at radius 1 is 1.28 bits per heavy atom. The highest BCUT2D eigenvalue weighted by atomic mass is 19.4. The van der Waals surface area contributed by atoms with E-state index < -0.39 is 30.2 Å². The van der Waals surface area contributed by atoms with Gasteiger partial charge in [0.15, 0.2) is 6.17 Å². The minimum atomic E-state index is -4.77. The number of rotatable bonds is 4. The van der Waals surface area contributed by atoms with Gasteiger partial charge in [0.1, 0.15) is 0 Å². The number of aliphatic carboxylic acids is 1. The van der Waals surface area contributed by atoms with Crippen LogP contribution in [0.3, 0.4) is 0 Å². The van der Waals surface area contributed by atoms with Crippen LogP contribution in [0.5, 0.6) is 0 Å². The molecule has 0 aliphatic heterocycles. The fourth-order valence-electron chi connectivity index (χ4n) is 2.58. The lowest BCUT2D eigenvalue weighted by atomic mass is 9.76. The number of carboxylic acids is 1. The summed E-state index contributed by atoms with van der Waals surface area (Å²) in [5.74, 6) is -2.24. The molecule has 6 heteroatoms. The van der Waals surface area contributed by atoms with Crippen molar-refractivity contribution in [1.29, 1.82) is 0 Å². The molecule has 0 spiro atoms. The number of alkyl halides is 4. The Balaban J connectivity index is 2.39. The van der Waals surface area contributed by atoms with Crippen molar-refractivity contribution in [1.82, 2.24) is 0 Å². The highest BCUT2D eigenvalue weighted by Gasteiger charge is 2.46. The molecule has 2 nitrogen and oxygen atoms in total. The Bertz CT molecular complexity index is 282. The van der Waals surface area contributed by atoms with E-state index in [0.29, 0.717) is 19.3 Å². The van der Waals surface area contributed by atoms with E-state index in [2.05, 4.69) is 0 Å². The van der Waals surface area contributed by atoms with Gasteiger partial charge >= 0.3 is 12.1 Å². The second kappa shape index (κ2) is 5.89. The van der Waals surface area contributed by atoms with Crippen LogP contribution in [0.25, 0.3) is 0 Å². The molecule has 1 fully saturated rings. The third-order valence-corrected chi connectivity index (χ3v) is 3.73. The summed E-state index contributed by atoms with van der Waals surface area (Å²) in [4.78, 5) is 10.7. The van der Waals surface area contributed by atoms with E-state index in [1.54, 1.807) is 6.92 Å². The van der Waals surface area contributed by atoms with Crippen molar-refractivity contribution in [2.75, 3.05) is 0 Å². The standard InChI is InChI=1S/C12H18F4O2/c1-7(11(17)18)6-8-2-4-9(5-3-8)10(13)12(14,15)16/h7-10H,2-6H2,1H3,(H,17,18). The van der Waals surface area contributed by atoms with Crippen molar-refractivity contribution < 1.29 is 27.5 Å². The predicted molar refractivity (Wildman–Crippen MR) is 57.8 cm³/mol. The van der Waals surface area contributed by atoms with E-state index in [0.717, 1.165) is 0 Å². The van der Waals surface area contributed by atoms with Crippen molar-refractivity contribution in [3.63, 3.8) is 0 Å². The van der Waals surface area contributed by atoms with Crippen LogP contribution in [0.4, 0.5) is 17.6 Å². The SMILES string of the molecule is CC(CC1CCC(C(F)C(F)(F)F)CC1)C(=O)O. The third-order valence-electron chi connectivity index (χ3n) is 3.73. The molecule has 0 aromatic rings. The molecule has 0 saturated heterocycles. The van der Waals surface area contributed by atoms with Gasteiger partial charge < -0.3 is 5.11 Å². The Labute approximate surface area is 103 Å². The summed E-state index contributed by atoms with van der Waals surface area (Å²) in [7, 11) is 0. The summed E-state index contributed by atoms with van der Waals surface area (Å²) >= 11 is 0. The van der Waals surface area contributed by atoms with Gasteiger partial charge in [-0.25, -0.2) is 4.39 Å². The van der Waals surface area contributed by atoms with Crippen LogP contribution in [0.2, 0.25) is 0 Å². The minimum absolute atomic E-state index is 0.104. The maximum Gasteiger partial charge on any atom is 0.419 e. The van der Waals surface area contributed by atoms with E-state index in [9.17, 15) is 22.4 Å². The van der Waals surface area contributed by atoms with Crippen LogP contribution < -0.4 is 0 Å². The maximum absolute atomic E-state index is 13.1.